The molecule has 4 aliphatic rings. The lowest BCUT2D eigenvalue weighted by Crippen LogP contribution is -2.69. The zero-order chi connectivity index (χ0) is 13.4. The van der Waals surface area contributed by atoms with Crippen LogP contribution in [0.3, 0.4) is 0 Å². The Morgan fingerprint density at radius 2 is 1.40 bits per heavy atom. The van der Waals surface area contributed by atoms with Crippen LogP contribution in [0.2, 0.25) is 0 Å². The zero-order valence-corrected chi connectivity index (χ0v) is 12.6. The molecule has 4 rings (SSSR count). The van der Waals surface area contributed by atoms with Crippen LogP contribution in [0.4, 0.5) is 0 Å². The molecule has 20 heavy (non-hydrogen) atoms. The molecule has 4 nitrogen and oxygen atoms in total. The number of hydrogen-bond donors (Lipinski definition) is 0. The Morgan fingerprint density at radius 1 is 0.800 bits per heavy atom. The number of rotatable bonds is 3. The van der Waals surface area contributed by atoms with Gasteiger partial charge in [-0.3, -0.25) is 9.80 Å². The third-order valence-corrected chi connectivity index (χ3v) is 5.63. The highest BCUT2D eigenvalue weighted by atomic mass is 16.6. The summed E-state index contributed by atoms with van der Waals surface area (Å²) >= 11 is 0. The Hall–Kier alpha value is -0.160. The van der Waals surface area contributed by atoms with Gasteiger partial charge in [-0.15, -0.1) is 0 Å². The highest BCUT2D eigenvalue weighted by Crippen LogP contribution is 2.45. The second-order valence-corrected chi connectivity index (χ2v) is 6.87. The smallest absolute Gasteiger partial charge is 0.185 e. The van der Waals surface area contributed by atoms with E-state index in [1.807, 2.05) is 0 Å². The summed E-state index contributed by atoms with van der Waals surface area (Å²) in [4.78, 5) is 5.33. The van der Waals surface area contributed by atoms with Crippen molar-refractivity contribution in [2.24, 2.45) is 5.92 Å². The minimum atomic E-state index is -0.129. The normalized spacial score (nSPS) is 43.8. The van der Waals surface area contributed by atoms with Crippen molar-refractivity contribution in [2.45, 2.75) is 56.9 Å². The van der Waals surface area contributed by atoms with Crippen molar-refractivity contribution < 1.29 is 9.47 Å². The summed E-state index contributed by atoms with van der Waals surface area (Å²) in [5, 5.41) is 0. The molecule has 0 N–H and O–H groups in total. The molecule has 3 unspecified atom stereocenters. The average molecular weight is 280 g/mol. The van der Waals surface area contributed by atoms with Gasteiger partial charge in [-0.2, -0.15) is 0 Å². The lowest BCUT2D eigenvalue weighted by molar-refractivity contribution is -0.297. The number of hydrogen-bond acceptors (Lipinski definition) is 4. The molecule has 4 heteroatoms. The van der Waals surface area contributed by atoms with Crippen LogP contribution in [-0.2, 0) is 9.47 Å². The first-order chi connectivity index (χ1) is 9.91. The van der Waals surface area contributed by atoms with Gasteiger partial charge in [-0.05, 0) is 38.5 Å². The maximum absolute atomic E-state index is 6.57. The molecule has 0 aromatic rings. The van der Waals surface area contributed by atoms with Crippen LogP contribution in [0, 0.1) is 5.92 Å². The molecule has 4 heterocycles. The summed E-state index contributed by atoms with van der Waals surface area (Å²) in [7, 11) is 0. The van der Waals surface area contributed by atoms with Crippen molar-refractivity contribution in [3.05, 3.63) is 0 Å². The lowest BCUT2D eigenvalue weighted by Gasteiger charge is -2.55. The van der Waals surface area contributed by atoms with Crippen LogP contribution < -0.4 is 0 Å². The summed E-state index contributed by atoms with van der Waals surface area (Å²) in [5.41, 5.74) is 0. The Labute approximate surface area is 122 Å². The Bertz CT molecular complexity index is 335. The largest absolute Gasteiger partial charge is 0.373 e. The van der Waals surface area contributed by atoms with Gasteiger partial charge in [0.1, 0.15) is 0 Å². The van der Waals surface area contributed by atoms with Crippen molar-refractivity contribution in [3.8, 4) is 0 Å². The van der Waals surface area contributed by atoms with E-state index in [4.69, 9.17) is 9.47 Å². The second-order valence-electron chi connectivity index (χ2n) is 6.87. The lowest BCUT2D eigenvalue weighted by atomic mass is 9.88. The van der Waals surface area contributed by atoms with Gasteiger partial charge >= 0.3 is 0 Å². The van der Waals surface area contributed by atoms with Crippen LogP contribution in [0.25, 0.3) is 0 Å². The van der Waals surface area contributed by atoms with E-state index >= 15 is 0 Å². The standard InChI is InChI=1S/C16H28N2O2/c1-2-8-17(9-3-1)16(18-10-4-5-11-18)14(15-13-19-15)7-6-12-20-16/h14-15H,1-13H2. The van der Waals surface area contributed by atoms with E-state index in [0.29, 0.717) is 12.0 Å². The van der Waals surface area contributed by atoms with Crippen molar-refractivity contribution in [1.29, 1.82) is 0 Å². The number of piperidine rings is 1. The van der Waals surface area contributed by atoms with Crippen LogP contribution in [0.15, 0.2) is 0 Å². The molecule has 4 aliphatic heterocycles. The van der Waals surface area contributed by atoms with Crippen molar-refractivity contribution in [2.75, 3.05) is 39.4 Å². The summed E-state index contributed by atoms with van der Waals surface area (Å²) < 4.78 is 12.3. The maximum atomic E-state index is 6.57. The Kier molecular flexibility index (Phi) is 3.75. The molecule has 0 spiro atoms. The van der Waals surface area contributed by atoms with Crippen molar-refractivity contribution in [3.63, 3.8) is 0 Å². The van der Waals surface area contributed by atoms with Crippen LogP contribution >= 0.6 is 0 Å². The highest BCUT2D eigenvalue weighted by molar-refractivity contribution is 4.99. The Morgan fingerprint density at radius 3 is 2.00 bits per heavy atom. The van der Waals surface area contributed by atoms with E-state index < -0.39 is 0 Å². The van der Waals surface area contributed by atoms with E-state index in [9.17, 15) is 0 Å². The van der Waals surface area contributed by atoms with Crippen LogP contribution in [0.5, 0.6) is 0 Å². The number of epoxide rings is 1. The van der Waals surface area contributed by atoms with E-state index in [0.717, 1.165) is 13.2 Å². The molecular weight excluding hydrogens is 252 g/mol. The molecule has 114 valence electrons. The van der Waals surface area contributed by atoms with Crippen molar-refractivity contribution >= 4 is 0 Å². The topological polar surface area (TPSA) is 28.2 Å². The summed E-state index contributed by atoms with van der Waals surface area (Å²) in [6, 6.07) is 0. The number of likely N-dealkylation sites (tertiary alicyclic amines) is 2. The molecular formula is C16H28N2O2. The van der Waals surface area contributed by atoms with Gasteiger partial charge in [0.2, 0.25) is 0 Å². The molecule has 4 fully saturated rings. The van der Waals surface area contributed by atoms with Crippen LogP contribution in [-0.4, -0.2) is 61.1 Å². The van der Waals surface area contributed by atoms with E-state index in [1.165, 1.54) is 71.1 Å². The minimum absolute atomic E-state index is 0.129. The molecule has 0 bridgehead atoms. The summed E-state index contributed by atoms with van der Waals surface area (Å²) in [6.45, 7) is 6.71. The average Bonchev–Trinajstić information content (AvgIpc) is 3.21. The first-order valence-electron chi connectivity index (χ1n) is 8.67. The van der Waals surface area contributed by atoms with Gasteiger partial charge in [0.15, 0.2) is 5.85 Å². The molecule has 0 saturated carbocycles. The first kappa shape index (κ1) is 13.5. The van der Waals surface area contributed by atoms with E-state index in [-0.39, 0.29) is 5.85 Å². The van der Waals surface area contributed by atoms with Gasteiger partial charge < -0.3 is 9.47 Å². The number of ether oxygens (including phenoxy) is 2. The van der Waals surface area contributed by atoms with Crippen LogP contribution in [0.1, 0.15) is 44.9 Å². The third kappa shape index (κ3) is 2.21. The maximum Gasteiger partial charge on any atom is 0.185 e. The molecule has 4 saturated heterocycles. The van der Waals surface area contributed by atoms with Gasteiger partial charge in [0, 0.05) is 32.1 Å². The zero-order valence-electron chi connectivity index (χ0n) is 12.6. The monoisotopic (exact) mass is 280 g/mol. The summed E-state index contributed by atoms with van der Waals surface area (Å²) in [6.07, 6.45) is 9.64. The van der Waals surface area contributed by atoms with Gasteiger partial charge in [0.05, 0.1) is 19.3 Å². The molecule has 0 aromatic heterocycles. The second kappa shape index (κ2) is 5.56. The van der Waals surface area contributed by atoms with E-state index in [1.54, 1.807) is 0 Å². The Balaban J connectivity index is 1.65. The molecule has 3 atom stereocenters. The third-order valence-electron chi connectivity index (χ3n) is 5.63. The highest BCUT2D eigenvalue weighted by Gasteiger charge is 2.57. The molecule has 0 amide bonds. The molecule has 0 radical (unpaired) electrons. The summed E-state index contributed by atoms with van der Waals surface area (Å²) in [5.74, 6) is 0.434. The van der Waals surface area contributed by atoms with Gasteiger partial charge in [-0.25, -0.2) is 0 Å². The fourth-order valence-electron chi connectivity index (χ4n) is 4.64. The van der Waals surface area contributed by atoms with Gasteiger partial charge in [0.25, 0.3) is 0 Å². The van der Waals surface area contributed by atoms with Crippen molar-refractivity contribution in [1.82, 2.24) is 9.80 Å². The predicted molar refractivity (Wildman–Crippen MR) is 77.4 cm³/mol. The SMILES string of the molecule is C1CCN(C2(N3CCCC3)OCCCC2C2CO2)CC1. The predicted octanol–water partition coefficient (Wildman–Crippen LogP) is 2.05. The fourth-order valence-corrected chi connectivity index (χ4v) is 4.64. The first-order valence-corrected chi connectivity index (χ1v) is 8.67. The fraction of sp³-hybridized carbons (Fsp3) is 1.00. The number of nitrogens with zero attached hydrogens (tertiary/aromatic N) is 2. The quantitative estimate of drug-likeness (QED) is 0.740. The minimum Gasteiger partial charge on any atom is -0.373 e. The van der Waals surface area contributed by atoms with Gasteiger partial charge in [-0.1, -0.05) is 6.42 Å². The van der Waals surface area contributed by atoms with E-state index in [2.05, 4.69) is 9.80 Å². The molecule has 0 aliphatic carbocycles. The molecule has 0 aromatic carbocycles.